The first kappa shape index (κ1) is 16.9. The summed E-state index contributed by atoms with van der Waals surface area (Å²) >= 11 is 0. The van der Waals surface area contributed by atoms with Crippen LogP contribution in [0, 0.1) is 11.3 Å². The largest absolute Gasteiger partial charge is 0.333 e. The number of benzene rings is 1. The number of nitrogens with one attached hydrogen (secondary N) is 3. The van der Waals surface area contributed by atoms with E-state index in [4.69, 9.17) is 0 Å². The molecule has 5 heteroatoms. The first-order valence-corrected chi connectivity index (χ1v) is 9.76. The number of imidazole rings is 1. The summed E-state index contributed by atoms with van der Waals surface area (Å²) in [5.74, 6) is 1.18. The van der Waals surface area contributed by atoms with Crippen LogP contribution in [0.1, 0.15) is 37.0 Å². The number of hydrogen-bond acceptors (Lipinski definition) is 2. The Kier molecular flexibility index (Phi) is 4.52. The molecular formula is C21H27N5+2. The number of para-hydroxylation sites is 2. The molecule has 1 aliphatic rings. The molecule has 3 aromatic rings. The van der Waals surface area contributed by atoms with Crippen LogP contribution in [-0.2, 0) is 12.8 Å². The summed E-state index contributed by atoms with van der Waals surface area (Å²) in [5, 5.41) is 13.6. The molecule has 134 valence electrons. The van der Waals surface area contributed by atoms with E-state index in [1.807, 2.05) is 6.07 Å². The molecule has 0 aliphatic heterocycles. The summed E-state index contributed by atoms with van der Waals surface area (Å²) in [6, 6.07) is 10.8. The number of fused-ring (bicyclic) bond motifs is 4. The highest BCUT2D eigenvalue weighted by atomic mass is 15.2. The lowest BCUT2D eigenvalue weighted by atomic mass is 10.1. The Hall–Kier alpha value is -2.58. The van der Waals surface area contributed by atoms with Crippen molar-refractivity contribution < 1.29 is 9.30 Å². The molecule has 5 nitrogen and oxygen atoms in total. The zero-order chi connectivity index (χ0) is 18.1. The molecule has 0 saturated carbocycles. The van der Waals surface area contributed by atoms with Gasteiger partial charge in [-0.2, -0.15) is 9.66 Å². The first-order chi connectivity index (χ1) is 12.8. The van der Waals surface area contributed by atoms with E-state index in [2.05, 4.69) is 52.8 Å². The lowest BCUT2D eigenvalue weighted by Gasteiger charge is -2.16. The summed E-state index contributed by atoms with van der Waals surface area (Å²) < 4.78 is 2.23. The maximum Gasteiger partial charge on any atom is 0.250 e. The van der Waals surface area contributed by atoms with Gasteiger partial charge in [-0.25, -0.2) is 0 Å². The first-order valence-electron chi connectivity index (χ1n) is 9.76. The van der Waals surface area contributed by atoms with Crippen molar-refractivity contribution in [1.29, 1.82) is 5.26 Å². The maximum absolute atomic E-state index is 9.82. The van der Waals surface area contributed by atoms with Gasteiger partial charge in [-0.3, -0.25) is 10.3 Å². The molecule has 0 fully saturated rings. The average Bonchev–Trinajstić information content (AvgIpc) is 3.29. The smallest absolute Gasteiger partial charge is 0.250 e. The topological polar surface area (TPSA) is 60.1 Å². The molecule has 0 unspecified atom stereocenters. The quantitative estimate of drug-likeness (QED) is 0.592. The van der Waals surface area contributed by atoms with Crippen LogP contribution in [0.5, 0.6) is 0 Å². The lowest BCUT2D eigenvalue weighted by Crippen LogP contribution is -3.12. The minimum absolute atomic E-state index is 0.814. The van der Waals surface area contributed by atoms with Gasteiger partial charge in [0.05, 0.1) is 13.1 Å². The highest BCUT2D eigenvalue weighted by Crippen LogP contribution is 2.32. The average molecular weight is 349 g/mol. The molecule has 0 atom stereocenters. The van der Waals surface area contributed by atoms with E-state index in [0.29, 0.717) is 0 Å². The summed E-state index contributed by atoms with van der Waals surface area (Å²) in [4.78, 5) is 5.08. The third-order valence-corrected chi connectivity index (χ3v) is 5.77. The number of hydrogen-bond donors (Lipinski definition) is 3. The molecule has 1 aromatic carbocycles. The van der Waals surface area contributed by atoms with Crippen LogP contribution in [0.25, 0.3) is 16.7 Å². The number of aromatic nitrogens is 2. The van der Waals surface area contributed by atoms with Gasteiger partial charge in [0.1, 0.15) is 35.8 Å². The van der Waals surface area contributed by atoms with E-state index in [0.717, 1.165) is 67.7 Å². The number of rotatable bonds is 6. The highest BCUT2D eigenvalue weighted by Gasteiger charge is 2.29. The Morgan fingerprint density at radius 3 is 2.73 bits per heavy atom. The number of aromatic amines is 1. The number of anilines is 1. The Labute approximate surface area is 154 Å². The third-order valence-electron chi connectivity index (χ3n) is 5.77. The van der Waals surface area contributed by atoms with E-state index in [-0.39, 0.29) is 0 Å². The van der Waals surface area contributed by atoms with Crippen molar-refractivity contribution in [1.82, 2.24) is 4.98 Å². The van der Waals surface area contributed by atoms with Crippen molar-refractivity contribution in [3.63, 3.8) is 0 Å². The van der Waals surface area contributed by atoms with Gasteiger partial charge in [0.15, 0.2) is 0 Å². The van der Waals surface area contributed by atoms with Gasteiger partial charge >= 0.3 is 0 Å². The molecule has 2 aromatic heterocycles. The van der Waals surface area contributed by atoms with Crippen molar-refractivity contribution in [2.24, 2.45) is 0 Å². The van der Waals surface area contributed by atoms with Crippen molar-refractivity contribution in [2.75, 3.05) is 31.5 Å². The van der Waals surface area contributed by atoms with Crippen molar-refractivity contribution in [3.8, 4) is 6.07 Å². The van der Waals surface area contributed by atoms with Gasteiger partial charge in [0.25, 0.3) is 0 Å². The van der Waals surface area contributed by atoms with Crippen molar-refractivity contribution in [3.05, 3.63) is 41.0 Å². The summed E-state index contributed by atoms with van der Waals surface area (Å²) in [5.41, 5.74) is 6.51. The minimum atomic E-state index is 0.814. The number of pyridine rings is 1. The monoisotopic (exact) mass is 349 g/mol. The second kappa shape index (κ2) is 6.97. The van der Waals surface area contributed by atoms with Crippen LogP contribution < -0.4 is 14.6 Å². The Morgan fingerprint density at radius 1 is 1.19 bits per heavy atom. The van der Waals surface area contributed by atoms with Gasteiger partial charge in [0, 0.05) is 5.56 Å². The summed E-state index contributed by atoms with van der Waals surface area (Å²) in [7, 11) is 0. The van der Waals surface area contributed by atoms with E-state index in [9.17, 15) is 5.26 Å². The predicted octanol–water partition coefficient (Wildman–Crippen LogP) is 1.60. The molecule has 0 bridgehead atoms. The fourth-order valence-electron chi connectivity index (χ4n) is 4.31. The van der Waals surface area contributed by atoms with Crippen LogP contribution in [0.15, 0.2) is 24.3 Å². The van der Waals surface area contributed by atoms with Gasteiger partial charge < -0.3 is 4.90 Å². The molecule has 26 heavy (non-hydrogen) atoms. The fraction of sp³-hybridized carbons (Fsp3) is 0.429. The number of quaternary nitrogens is 1. The van der Waals surface area contributed by atoms with Gasteiger partial charge in [-0.15, -0.1) is 0 Å². The number of nitrogens with zero attached hydrogens (tertiary/aromatic N) is 2. The van der Waals surface area contributed by atoms with Crippen LogP contribution in [0.4, 0.5) is 5.82 Å². The molecule has 2 heterocycles. The molecule has 1 aliphatic carbocycles. The second-order valence-electron chi connectivity index (χ2n) is 7.11. The number of nitriles is 1. The lowest BCUT2D eigenvalue weighted by molar-refractivity contribution is -0.894. The Morgan fingerprint density at radius 2 is 1.96 bits per heavy atom. The molecule has 0 amide bonds. The molecule has 0 spiro atoms. The maximum atomic E-state index is 9.82. The van der Waals surface area contributed by atoms with Gasteiger partial charge in [-0.05, 0) is 50.8 Å². The Balaban J connectivity index is 1.86. The van der Waals surface area contributed by atoms with Crippen LogP contribution in [0.2, 0.25) is 0 Å². The standard InChI is InChI=1S/C21H25N5/c1-3-25(4-2)13-12-23-20-16-9-7-8-15(16)17(14-22)21-24-18-10-5-6-11-19(18)26(20)21/h5-6,10-11H,3-4,7-9,12-13H2,1-2H3,(H,23,24)/p+2. The van der Waals surface area contributed by atoms with Crippen LogP contribution in [0.3, 0.4) is 0 Å². The second-order valence-corrected chi connectivity index (χ2v) is 7.11. The summed E-state index contributed by atoms with van der Waals surface area (Å²) in [6.45, 7) is 8.83. The Bertz CT molecular complexity index is 991. The molecular weight excluding hydrogens is 322 g/mol. The van der Waals surface area contributed by atoms with Crippen molar-refractivity contribution in [2.45, 2.75) is 33.1 Å². The number of H-pyrrole nitrogens is 1. The van der Waals surface area contributed by atoms with Crippen LogP contribution >= 0.6 is 0 Å². The molecule has 0 saturated heterocycles. The van der Waals surface area contributed by atoms with Crippen molar-refractivity contribution >= 4 is 22.5 Å². The van der Waals surface area contributed by atoms with E-state index < -0.39 is 0 Å². The zero-order valence-electron chi connectivity index (χ0n) is 15.7. The van der Waals surface area contributed by atoms with Gasteiger partial charge in [-0.1, -0.05) is 12.1 Å². The summed E-state index contributed by atoms with van der Waals surface area (Å²) in [6.07, 6.45) is 3.18. The minimum Gasteiger partial charge on any atom is -0.333 e. The third kappa shape index (κ3) is 2.62. The predicted molar refractivity (Wildman–Crippen MR) is 104 cm³/mol. The van der Waals surface area contributed by atoms with Gasteiger partial charge in [0.2, 0.25) is 11.5 Å². The zero-order valence-corrected chi connectivity index (χ0v) is 15.7. The number of likely N-dealkylation sites (N-methyl/N-ethyl adjacent to an activating group) is 1. The molecule has 3 N–H and O–H groups in total. The fourth-order valence-corrected chi connectivity index (χ4v) is 4.31. The molecule has 0 radical (unpaired) electrons. The van der Waals surface area contributed by atoms with Crippen LogP contribution in [-0.4, -0.2) is 31.2 Å². The van der Waals surface area contributed by atoms with E-state index in [1.54, 1.807) is 4.90 Å². The SMILES string of the molecule is CC[NH+](CC)CCNc1c2c(c(C#N)c3[nH]c4ccccc4[n+]13)CCC2. The highest BCUT2D eigenvalue weighted by molar-refractivity contribution is 5.78. The van der Waals surface area contributed by atoms with E-state index in [1.165, 1.54) is 16.9 Å². The normalized spacial score (nSPS) is 13.5. The molecule has 4 rings (SSSR count). The van der Waals surface area contributed by atoms with E-state index >= 15 is 0 Å².